The fourth-order valence-corrected chi connectivity index (χ4v) is 2.42. The van der Waals surface area contributed by atoms with Crippen LogP contribution in [0, 0.1) is 0 Å². The number of pyridine rings is 1. The summed E-state index contributed by atoms with van der Waals surface area (Å²) in [6.45, 7) is 0.430. The van der Waals surface area contributed by atoms with Gasteiger partial charge in [0, 0.05) is 25.1 Å². The first kappa shape index (κ1) is 14.1. The van der Waals surface area contributed by atoms with Crippen molar-refractivity contribution in [3.63, 3.8) is 0 Å². The minimum atomic E-state index is -0.169. The lowest BCUT2D eigenvalue weighted by atomic mass is 10.3. The zero-order chi connectivity index (χ0) is 15.2. The Balaban J connectivity index is 1.60. The van der Waals surface area contributed by atoms with Crippen molar-refractivity contribution >= 4 is 28.2 Å². The molecule has 110 valence electrons. The number of aromatic nitrogens is 4. The summed E-state index contributed by atoms with van der Waals surface area (Å²) in [5, 5.41) is 6.45. The lowest BCUT2D eigenvalue weighted by molar-refractivity contribution is 0.0954. The number of carbonyl (C=O) groups is 1. The van der Waals surface area contributed by atoms with Gasteiger partial charge in [-0.25, -0.2) is 15.0 Å². The van der Waals surface area contributed by atoms with Crippen molar-refractivity contribution in [3.8, 4) is 0 Å². The molecule has 0 fully saturated rings. The topological polar surface area (TPSA) is 92.7 Å². The van der Waals surface area contributed by atoms with Gasteiger partial charge in [0.2, 0.25) is 0 Å². The molecule has 0 unspecified atom stereocenters. The fourth-order valence-electron chi connectivity index (χ4n) is 1.68. The van der Waals surface area contributed by atoms with Crippen LogP contribution in [-0.4, -0.2) is 25.8 Å². The number of amides is 1. The van der Waals surface area contributed by atoms with Crippen LogP contribution in [0.15, 0.2) is 49.3 Å². The van der Waals surface area contributed by atoms with Crippen molar-refractivity contribution in [1.82, 2.24) is 25.3 Å². The van der Waals surface area contributed by atoms with Gasteiger partial charge in [-0.3, -0.25) is 9.78 Å². The van der Waals surface area contributed by atoms with Gasteiger partial charge in [0.05, 0.1) is 6.20 Å². The van der Waals surface area contributed by atoms with E-state index in [1.54, 1.807) is 24.7 Å². The zero-order valence-electron chi connectivity index (χ0n) is 11.4. The highest BCUT2D eigenvalue weighted by molar-refractivity contribution is 7.17. The number of nitrogens with one attached hydrogen (secondary N) is 2. The van der Waals surface area contributed by atoms with Crippen molar-refractivity contribution in [1.29, 1.82) is 0 Å². The minimum Gasteiger partial charge on any atom is -0.347 e. The van der Waals surface area contributed by atoms with Gasteiger partial charge in [0.25, 0.3) is 5.91 Å². The summed E-state index contributed by atoms with van der Waals surface area (Å²) in [6.07, 6.45) is 8.02. The van der Waals surface area contributed by atoms with E-state index >= 15 is 0 Å². The van der Waals surface area contributed by atoms with Crippen LogP contribution in [0.5, 0.6) is 0 Å². The molecule has 3 aromatic rings. The van der Waals surface area contributed by atoms with Crippen molar-refractivity contribution in [2.45, 2.75) is 6.54 Å². The van der Waals surface area contributed by atoms with E-state index in [1.165, 1.54) is 23.9 Å². The molecule has 8 heteroatoms. The number of anilines is 2. The van der Waals surface area contributed by atoms with Crippen LogP contribution in [0.4, 0.5) is 10.9 Å². The van der Waals surface area contributed by atoms with Crippen molar-refractivity contribution < 1.29 is 4.79 Å². The van der Waals surface area contributed by atoms with Gasteiger partial charge in [0.1, 0.15) is 17.0 Å². The Morgan fingerprint density at radius 2 is 2.09 bits per heavy atom. The second kappa shape index (κ2) is 6.72. The van der Waals surface area contributed by atoms with Gasteiger partial charge in [-0.15, -0.1) is 0 Å². The highest BCUT2D eigenvalue weighted by Gasteiger charge is 2.10. The Labute approximate surface area is 130 Å². The minimum absolute atomic E-state index is 0.169. The molecule has 0 aromatic carbocycles. The van der Waals surface area contributed by atoms with E-state index in [4.69, 9.17) is 0 Å². The molecule has 0 saturated heterocycles. The summed E-state index contributed by atoms with van der Waals surface area (Å²) in [6, 6.07) is 5.46. The molecule has 22 heavy (non-hydrogen) atoms. The van der Waals surface area contributed by atoms with Gasteiger partial charge < -0.3 is 10.6 Å². The van der Waals surface area contributed by atoms with E-state index in [0.29, 0.717) is 22.4 Å². The molecule has 0 aliphatic carbocycles. The summed E-state index contributed by atoms with van der Waals surface area (Å²) < 4.78 is 0. The summed E-state index contributed by atoms with van der Waals surface area (Å²) >= 11 is 1.26. The van der Waals surface area contributed by atoms with Crippen molar-refractivity contribution in [2.24, 2.45) is 0 Å². The Hall–Kier alpha value is -2.87. The smallest absolute Gasteiger partial charge is 0.263 e. The monoisotopic (exact) mass is 312 g/mol. The number of rotatable bonds is 5. The summed E-state index contributed by atoms with van der Waals surface area (Å²) in [7, 11) is 0. The maximum atomic E-state index is 12.1. The first-order chi connectivity index (χ1) is 10.8. The van der Waals surface area contributed by atoms with E-state index in [9.17, 15) is 4.79 Å². The molecule has 0 spiro atoms. The molecule has 7 nitrogen and oxygen atoms in total. The third kappa shape index (κ3) is 3.61. The van der Waals surface area contributed by atoms with Gasteiger partial charge in [0.15, 0.2) is 5.13 Å². The number of carbonyl (C=O) groups excluding carboxylic acids is 1. The first-order valence-electron chi connectivity index (χ1n) is 6.47. The molecule has 3 aromatic heterocycles. The lowest BCUT2D eigenvalue weighted by Gasteiger charge is -2.02. The molecule has 3 rings (SSSR count). The standard InChI is InChI=1S/C14H12N6OS/c21-13(17-7-10-2-1-4-15-6-10)11-8-18-14(22-11)20-12-3-5-16-9-19-12/h1-6,8-9H,7H2,(H,17,21)(H,16,18,19,20). The Morgan fingerprint density at radius 3 is 2.86 bits per heavy atom. The fraction of sp³-hybridized carbons (Fsp3) is 0.0714. The van der Waals surface area contributed by atoms with Crippen molar-refractivity contribution in [3.05, 3.63) is 59.8 Å². The predicted octanol–water partition coefficient (Wildman–Crippen LogP) is 2.00. The molecule has 3 heterocycles. The molecule has 2 N–H and O–H groups in total. The molecular weight excluding hydrogens is 300 g/mol. The molecule has 0 bridgehead atoms. The van der Waals surface area contributed by atoms with E-state index in [0.717, 1.165) is 5.56 Å². The van der Waals surface area contributed by atoms with Crippen LogP contribution in [0.3, 0.4) is 0 Å². The molecule has 0 saturated carbocycles. The quantitative estimate of drug-likeness (QED) is 0.748. The highest BCUT2D eigenvalue weighted by Crippen LogP contribution is 2.21. The van der Waals surface area contributed by atoms with Crippen LogP contribution in [-0.2, 0) is 6.54 Å². The second-order valence-electron chi connectivity index (χ2n) is 4.29. The second-order valence-corrected chi connectivity index (χ2v) is 5.32. The SMILES string of the molecule is O=C(NCc1cccnc1)c1cnc(Nc2ccncn2)s1. The third-order valence-electron chi connectivity index (χ3n) is 2.72. The summed E-state index contributed by atoms with van der Waals surface area (Å²) in [5.41, 5.74) is 0.944. The number of hydrogen-bond donors (Lipinski definition) is 2. The van der Waals surface area contributed by atoms with Gasteiger partial charge in [-0.2, -0.15) is 0 Å². The predicted molar refractivity (Wildman–Crippen MR) is 82.8 cm³/mol. The van der Waals surface area contributed by atoms with E-state index < -0.39 is 0 Å². The summed E-state index contributed by atoms with van der Waals surface area (Å²) in [4.78, 5) is 28.6. The molecule has 0 aliphatic heterocycles. The van der Waals surface area contributed by atoms with Crippen LogP contribution in [0.2, 0.25) is 0 Å². The Kier molecular flexibility index (Phi) is 4.30. The van der Waals surface area contributed by atoms with Crippen LogP contribution in [0.25, 0.3) is 0 Å². The van der Waals surface area contributed by atoms with Gasteiger partial charge in [-0.05, 0) is 17.7 Å². The highest BCUT2D eigenvalue weighted by atomic mass is 32.1. The molecule has 0 atom stereocenters. The third-order valence-corrected chi connectivity index (χ3v) is 3.63. The van der Waals surface area contributed by atoms with E-state index in [1.807, 2.05) is 12.1 Å². The average Bonchev–Trinajstić information content (AvgIpc) is 3.03. The van der Waals surface area contributed by atoms with E-state index in [2.05, 4.69) is 30.6 Å². The molecule has 1 amide bonds. The Morgan fingerprint density at radius 1 is 1.14 bits per heavy atom. The van der Waals surface area contributed by atoms with Gasteiger partial charge >= 0.3 is 0 Å². The largest absolute Gasteiger partial charge is 0.347 e. The lowest BCUT2D eigenvalue weighted by Crippen LogP contribution is -2.21. The maximum Gasteiger partial charge on any atom is 0.263 e. The summed E-state index contributed by atoms with van der Waals surface area (Å²) in [5.74, 6) is 0.462. The number of hydrogen-bond acceptors (Lipinski definition) is 7. The zero-order valence-corrected chi connectivity index (χ0v) is 12.2. The first-order valence-corrected chi connectivity index (χ1v) is 7.29. The van der Waals surface area contributed by atoms with Crippen LogP contribution in [0.1, 0.15) is 15.2 Å². The number of nitrogens with zero attached hydrogens (tertiary/aromatic N) is 4. The van der Waals surface area contributed by atoms with Gasteiger partial charge in [-0.1, -0.05) is 17.4 Å². The molecule has 0 radical (unpaired) electrons. The normalized spacial score (nSPS) is 10.2. The molecular formula is C14H12N6OS. The Bertz CT molecular complexity index is 746. The van der Waals surface area contributed by atoms with Crippen molar-refractivity contribution in [2.75, 3.05) is 5.32 Å². The van der Waals surface area contributed by atoms with E-state index in [-0.39, 0.29) is 5.91 Å². The number of thiazole rings is 1. The maximum absolute atomic E-state index is 12.1. The molecule has 0 aliphatic rings. The average molecular weight is 312 g/mol. The van der Waals surface area contributed by atoms with Crippen LogP contribution < -0.4 is 10.6 Å². The van der Waals surface area contributed by atoms with Crippen LogP contribution >= 0.6 is 11.3 Å².